The van der Waals surface area contributed by atoms with Gasteiger partial charge in [0.2, 0.25) is 5.91 Å². The minimum absolute atomic E-state index is 0.242. The lowest BCUT2D eigenvalue weighted by molar-refractivity contribution is -0.303. The molecule has 11 nitrogen and oxygen atoms in total. The van der Waals surface area contributed by atoms with Gasteiger partial charge in [0.15, 0.2) is 6.29 Å². The van der Waals surface area contributed by atoms with Crippen LogP contribution in [0.4, 0.5) is 0 Å². The summed E-state index contributed by atoms with van der Waals surface area (Å²) in [5, 5.41) is 75.9. The first kappa shape index (κ1) is 61.3. The summed E-state index contributed by atoms with van der Waals surface area (Å²) >= 11 is 0. The Bertz CT molecular complexity index is 1150. The maximum Gasteiger partial charge on any atom is 0.249 e. The van der Waals surface area contributed by atoms with Crippen LogP contribution in [0.25, 0.3) is 0 Å². The zero-order valence-corrected chi connectivity index (χ0v) is 41.5. The lowest BCUT2D eigenvalue weighted by Crippen LogP contribution is -2.60. The van der Waals surface area contributed by atoms with Crippen LogP contribution < -0.4 is 5.32 Å². The number of hydrogen-bond acceptors (Lipinski definition) is 10. The van der Waals surface area contributed by atoms with Crippen molar-refractivity contribution >= 4 is 5.91 Å². The van der Waals surface area contributed by atoms with E-state index in [4.69, 9.17) is 9.47 Å². The molecule has 9 unspecified atom stereocenters. The van der Waals surface area contributed by atoms with Gasteiger partial charge in [-0.25, -0.2) is 0 Å². The molecule has 0 aliphatic carbocycles. The summed E-state index contributed by atoms with van der Waals surface area (Å²) < 4.78 is 11.1. The Labute approximate surface area is 397 Å². The van der Waals surface area contributed by atoms with Crippen molar-refractivity contribution in [2.75, 3.05) is 13.2 Å². The highest BCUT2D eigenvalue weighted by Gasteiger charge is 2.44. The van der Waals surface area contributed by atoms with E-state index in [0.717, 1.165) is 44.9 Å². The largest absolute Gasteiger partial charge is 0.394 e. The van der Waals surface area contributed by atoms with Gasteiger partial charge in [0.25, 0.3) is 0 Å². The van der Waals surface area contributed by atoms with Crippen molar-refractivity contribution in [3.8, 4) is 0 Å². The minimum atomic E-state index is -1.67. The Morgan fingerprint density at radius 3 is 1.37 bits per heavy atom. The molecule has 1 aliphatic heterocycles. The first-order valence-corrected chi connectivity index (χ1v) is 26.9. The normalized spacial score (nSPS) is 21.2. The number of rotatable bonds is 45. The van der Waals surface area contributed by atoms with E-state index in [-0.39, 0.29) is 12.8 Å². The average molecular weight is 924 g/mol. The molecule has 1 fully saturated rings. The monoisotopic (exact) mass is 924 g/mol. The molecule has 0 aromatic rings. The Hall–Kier alpha value is -1.67. The SMILES string of the molecule is CCCCCCCCC/C=C/CC/C=C/CC/C=C/CCCC(O)C(O)C(COC1OC(CO)C(O)C(O)C1O)NC(=O)C(O)CCCCCCCCCCCCCCCCCCCC. The van der Waals surface area contributed by atoms with Crippen LogP contribution in [0.1, 0.15) is 232 Å². The van der Waals surface area contributed by atoms with E-state index >= 15 is 0 Å². The average Bonchev–Trinajstić information content (AvgIpc) is 3.31. The second-order valence-electron chi connectivity index (χ2n) is 18.9. The summed E-state index contributed by atoms with van der Waals surface area (Å²) in [5.74, 6) is -0.710. The van der Waals surface area contributed by atoms with Crippen LogP contribution in [0.3, 0.4) is 0 Å². The third kappa shape index (κ3) is 32.7. The summed E-state index contributed by atoms with van der Waals surface area (Å²) in [6.45, 7) is 3.44. The van der Waals surface area contributed by atoms with E-state index < -0.39 is 74.2 Å². The Kier molecular flexibility index (Phi) is 41.1. The summed E-state index contributed by atoms with van der Waals surface area (Å²) in [6, 6.07) is -1.19. The molecule has 0 aromatic heterocycles. The first-order chi connectivity index (χ1) is 31.7. The van der Waals surface area contributed by atoms with Gasteiger partial charge in [-0.1, -0.05) is 204 Å². The molecule has 0 aromatic carbocycles. The third-order valence-corrected chi connectivity index (χ3v) is 12.9. The van der Waals surface area contributed by atoms with Crippen LogP contribution >= 0.6 is 0 Å². The maximum atomic E-state index is 13.1. The van der Waals surface area contributed by atoms with E-state index in [1.807, 2.05) is 0 Å². The van der Waals surface area contributed by atoms with Crippen molar-refractivity contribution in [1.29, 1.82) is 0 Å². The molecule has 0 bridgehead atoms. The minimum Gasteiger partial charge on any atom is -0.394 e. The number of aliphatic hydroxyl groups is 7. The van der Waals surface area contributed by atoms with Crippen molar-refractivity contribution in [2.24, 2.45) is 0 Å². The van der Waals surface area contributed by atoms with Gasteiger partial charge in [0.1, 0.15) is 36.6 Å². The second-order valence-corrected chi connectivity index (χ2v) is 18.9. The molecular weight excluding hydrogens is 823 g/mol. The van der Waals surface area contributed by atoms with E-state index in [2.05, 4.69) is 55.6 Å². The standard InChI is InChI=1S/C54H101NO10/c1-3-5-7-9-11-13-15-17-19-21-23-24-26-27-29-31-33-35-37-39-41-46(57)49(59)45(44-64-54-52(62)51(61)50(60)48(43-56)65-54)55-53(63)47(58)42-40-38-36-34-32-30-28-25-22-20-18-16-14-12-10-8-6-4-2/h19,21,26-27,33,35,45-52,54,56-62H,3-18,20,22-25,28-32,34,36-44H2,1-2H3,(H,55,63)/b21-19+,27-26+,35-33+. The van der Waals surface area contributed by atoms with Gasteiger partial charge in [-0.05, 0) is 64.2 Å². The quantitative estimate of drug-likeness (QED) is 0.0216. The second kappa shape index (κ2) is 43.6. The molecule has 382 valence electrons. The topological polar surface area (TPSA) is 189 Å². The molecular formula is C54H101NO10. The Morgan fingerprint density at radius 1 is 0.523 bits per heavy atom. The fourth-order valence-corrected chi connectivity index (χ4v) is 8.47. The molecule has 0 saturated carbocycles. The molecule has 1 amide bonds. The summed E-state index contributed by atoms with van der Waals surface area (Å²) in [6.07, 6.45) is 40.5. The van der Waals surface area contributed by atoms with Gasteiger partial charge >= 0.3 is 0 Å². The molecule has 8 N–H and O–H groups in total. The maximum absolute atomic E-state index is 13.1. The van der Waals surface area contributed by atoms with Crippen molar-refractivity contribution in [1.82, 2.24) is 5.32 Å². The van der Waals surface area contributed by atoms with Gasteiger partial charge < -0.3 is 50.5 Å². The van der Waals surface area contributed by atoms with Gasteiger partial charge in [-0.2, -0.15) is 0 Å². The number of carbonyl (C=O) groups is 1. The number of hydrogen-bond donors (Lipinski definition) is 8. The summed E-state index contributed by atoms with van der Waals surface area (Å²) in [5.41, 5.74) is 0. The zero-order valence-electron chi connectivity index (χ0n) is 41.5. The fraction of sp³-hybridized carbons (Fsp3) is 0.870. The molecule has 1 rings (SSSR count). The van der Waals surface area contributed by atoms with Gasteiger partial charge in [0.05, 0.1) is 25.4 Å². The fourth-order valence-electron chi connectivity index (χ4n) is 8.47. The number of nitrogens with one attached hydrogen (secondary N) is 1. The zero-order chi connectivity index (χ0) is 47.6. The van der Waals surface area contributed by atoms with Gasteiger partial charge in [0, 0.05) is 0 Å². The first-order valence-electron chi connectivity index (χ1n) is 26.9. The van der Waals surface area contributed by atoms with Crippen LogP contribution in [-0.4, -0.2) is 110 Å². The molecule has 1 saturated heterocycles. The Morgan fingerprint density at radius 2 is 0.923 bits per heavy atom. The smallest absolute Gasteiger partial charge is 0.249 e. The number of unbranched alkanes of at least 4 members (excludes halogenated alkanes) is 27. The van der Waals surface area contributed by atoms with Crippen molar-refractivity contribution in [2.45, 2.75) is 287 Å². The number of amides is 1. The van der Waals surface area contributed by atoms with Crippen LogP contribution in [0.2, 0.25) is 0 Å². The molecule has 1 aliphatic rings. The lowest BCUT2D eigenvalue weighted by Gasteiger charge is -2.40. The molecule has 11 heteroatoms. The van der Waals surface area contributed by atoms with Crippen molar-refractivity contribution in [3.05, 3.63) is 36.5 Å². The molecule has 9 atom stereocenters. The van der Waals surface area contributed by atoms with E-state index in [9.17, 15) is 40.5 Å². The van der Waals surface area contributed by atoms with Gasteiger partial charge in [-0.3, -0.25) is 4.79 Å². The molecule has 0 spiro atoms. The molecule has 0 radical (unpaired) electrons. The van der Waals surface area contributed by atoms with E-state index in [1.54, 1.807) is 0 Å². The van der Waals surface area contributed by atoms with Crippen molar-refractivity contribution in [3.63, 3.8) is 0 Å². The predicted molar refractivity (Wildman–Crippen MR) is 265 cm³/mol. The lowest BCUT2D eigenvalue weighted by atomic mass is 9.98. The number of carbonyl (C=O) groups excluding carboxylic acids is 1. The third-order valence-electron chi connectivity index (χ3n) is 12.9. The number of allylic oxidation sites excluding steroid dienone is 6. The van der Waals surface area contributed by atoms with E-state index in [1.165, 1.54) is 141 Å². The molecule has 1 heterocycles. The van der Waals surface area contributed by atoms with Crippen LogP contribution in [0.5, 0.6) is 0 Å². The Balaban J connectivity index is 2.41. The summed E-state index contributed by atoms with van der Waals surface area (Å²) in [7, 11) is 0. The number of aliphatic hydroxyl groups excluding tert-OH is 7. The highest BCUT2D eigenvalue weighted by atomic mass is 16.7. The van der Waals surface area contributed by atoms with Crippen LogP contribution in [0.15, 0.2) is 36.5 Å². The van der Waals surface area contributed by atoms with Gasteiger partial charge in [-0.15, -0.1) is 0 Å². The van der Waals surface area contributed by atoms with Crippen LogP contribution in [-0.2, 0) is 14.3 Å². The highest BCUT2D eigenvalue weighted by molar-refractivity contribution is 5.80. The number of ether oxygens (including phenoxy) is 2. The predicted octanol–water partition coefficient (Wildman–Crippen LogP) is 10.3. The highest BCUT2D eigenvalue weighted by Crippen LogP contribution is 2.23. The molecule has 65 heavy (non-hydrogen) atoms. The van der Waals surface area contributed by atoms with E-state index in [0.29, 0.717) is 19.3 Å². The summed E-state index contributed by atoms with van der Waals surface area (Å²) in [4.78, 5) is 13.1. The van der Waals surface area contributed by atoms with Crippen molar-refractivity contribution < 1.29 is 50.0 Å². The van der Waals surface area contributed by atoms with Crippen LogP contribution in [0, 0.1) is 0 Å².